The lowest BCUT2D eigenvalue weighted by Gasteiger charge is -2.13. The molecule has 0 saturated heterocycles. The maximum Gasteiger partial charge on any atom is 0.251 e. The highest BCUT2D eigenvalue weighted by Crippen LogP contribution is 2.18. The number of nitrogens with two attached hydrogens (primary N) is 1. The van der Waals surface area contributed by atoms with Crippen LogP contribution in [-0.2, 0) is 0 Å². The van der Waals surface area contributed by atoms with Crippen molar-refractivity contribution in [2.75, 3.05) is 12.3 Å². The van der Waals surface area contributed by atoms with E-state index in [0.717, 1.165) is 12.0 Å². The molecule has 0 aliphatic carbocycles. The topological polar surface area (TPSA) is 55.1 Å². The molecule has 0 spiro atoms. The van der Waals surface area contributed by atoms with Crippen LogP contribution in [0.2, 0.25) is 0 Å². The molecule has 3 heteroatoms. The zero-order valence-corrected chi connectivity index (χ0v) is 12.6. The van der Waals surface area contributed by atoms with Gasteiger partial charge in [0.25, 0.3) is 5.91 Å². The second kappa shape index (κ2) is 6.93. The first kappa shape index (κ1) is 15.1. The summed E-state index contributed by atoms with van der Waals surface area (Å²) in [6.07, 6.45) is 0.920. The molecule has 21 heavy (non-hydrogen) atoms. The summed E-state index contributed by atoms with van der Waals surface area (Å²) in [6, 6.07) is 15.7. The number of carbonyl (C=O) groups is 1. The van der Waals surface area contributed by atoms with Crippen molar-refractivity contribution in [3.05, 3.63) is 65.2 Å². The molecule has 2 aromatic carbocycles. The smallest absolute Gasteiger partial charge is 0.251 e. The summed E-state index contributed by atoms with van der Waals surface area (Å²) in [5.41, 5.74) is 9.28. The highest BCUT2D eigenvalue weighted by Gasteiger charge is 2.10. The minimum atomic E-state index is -0.0345. The summed E-state index contributed by atoms with van der Waals surface area (Å²) in [5.74, 6) is 0.395. The van der Waals surface area contributed by atoms with Gasteiger partial charge < -0.3 is 11.1 Å². The predicted octanol–water partition coefficient (Wildman–Crippen LogP) is 3.50. The van der Waals surface area contributed by atoms with Crippen molar-refractivity contribution in [3.63, 3.8) is 0 Å². The summed E-state index contributed by atoms with van der Waals surface area (Å²) < 4.78 is 0. The number of hydrogen-bond acceptors (Lipinski definition) is 2. The fourth-order valence-electron chi connectivity index (χ4n) is 2.39. The fourth-order valence-corrected chi connectivity index (χ4v) is 2.39. The normalized spacial score (nSPS) is 11.9. The van der Waals surface area contributed by atoms with E-state index in [9.17, 15) is 4.79 Å². The second-order valence-electron chi connectivity index (χ2n) is 5.43. The molecule has 2 rings (SSSR count). The van der Waals surface area contributed by atoms with E-state index >= 15 is 0 Å². The maximum atomic E-state index is 12.1. The number of nitrogen functional groups attached to an aromatic ring is 1. The van der Waals surface area contributed by atoms with Crippen molar-refractivity contribution < 1.29 is 4.79 Å². The zero-order valence-electron chi connectivity index (χ0n) is 12.6. The molecule has 2 aromatic rings. The Hall–Kier alpha value is -2.29. The molecule has 0 aliphatic rings. The fraction of sp³-hybridized carbons (Fsp3) is 0.278. The van der Waals surface area contributed by atoms with Gasteiger partial charge in [-0.15, -0.1) is 0 Å². The van der Waals surface area contributed by atoms with E-state index in [1.54, 1.807) is 12.1 Å². The quantitative estimate of drug-likeness (QED) is 0.825. The molecule has 1 unspecified atom stereocenters. The highest BCUT2D eigenvalue weighted by molar-refractivity contribution is 5.95. The molecule has 0 fully saturated rings. The monoisotopic (exact) mass is 282 g/mol. The van der Waals surface area contributed by atoms with Crippen LogP contribution in [-0.4, -0.2) is 12.5 Å². The molecule has 3 nitrogen and oxygen atoms in total. The van der Waals surface area contributed by atoms with Crippen molar-refractivity contribution in [1.82, 2.24) is 5.32 Å². The van der Waals surface area contributed by atoms with E-state index < -0.39 is 0 Å². The summed E-state index contributed by atoms with van der Waals surface area (Å²) in [7, 11) is 0. The van der Waals surface area contributed by atoms with Crippen LogP contribution < -0.4 is 11.1 Å². The van der Waals surface area contributed by atoms with Gasteiger partial charge in [0.1, 0.15) is 0 Å². The van der Waals surface area contributed by atoms with Gasteiger partial charge in [0, 0.05) is 17.8 Å². The molecule has 3 N–H and O–H groups in total. The number of amides is 1. The summed E-state index contributed by atoms with van der Waals surface area (Å²) in [6.45, 7) is 4.74. The molecule has 0 saturated carbocycles. The Bertz CT molecular complexity index is 608. The van der Waals surface area contributed by atoms with Gasteiger partial charge in [0.2, 0.25) is 0 Å². The highest BCUT2D eigenvalue weighted by atomic mass is 16.1. The van der Waals surface area contributed by atoms with Crippen molar-refractivity contribution in [1.29, 1.82) is 0 Å². The van der Waals surface area contributed by atoms with E-state index in [0.29, 0.717) is 23.7 Å². The van der Waals surface area contributed by atoms with Crippen LogP contribution >= 0.6 is 0 Å². The first-order chi connectivity index (χ1) is 10.1. The lowest BCUT2D eigenvalue weighted by atomic mass is 9.98. The van der Waals surface area contributed by atoms with E-state index in [2.05, 4.69) is 24.4 Å². The third kappa shape index (κ3) is 4.09. The number of aryl methyl sites for hydroxylation is 1. The molecule has 0 heterocycles. The van der Waals surface area contributed by atoms with Crippen LogP contribution in [0.25, 0.3) is 0 Å². The number of hydrogen-bond donors (Lipinski definition) is 2. The van der Waals surface area contributed by atoms with Crippen LogP contribution in [0.5, 0.6) is 0 Å². The third-order valence-electron chi connectivity index (χ3n) is 3.73. The zero-order chi connectivity index (χ0) is 15.2. The Balaban J connectivity index is 1.87. The van der Waals surface area contributed by atoms with Gasteiger partial charge in [-0.3, -0.25) is 4.79 Å². The predicted molar refractivity (Wildman–Crippen MR) is 87.4 cm³/mol. The van der Waals surface area contributed by atoms with Gasteiger partial charge in [-0.1, -0.05) is 37.3 Å². The second-order valence-corrected chi connectivity index (χ2v) is 5.43. The first-order valence-corrected chi connectivity index (χ1v) is 7.27. The minimum absolute atomic E-state index is 0.0345. The number of benzene rings is 2. The Labute approximate surface area is 126 Å². The molecule has 0 aromatic heterocycles. The van der Waals surface area contributed by atoms with Gasteiger partial charge in [0.05, 0.1) is 0 Å². The van der Waals surface area contributed by atoms with Gasteiger partial charge in [0.15, 0.2) is 0 Å². The molecule has 110 valence electrons. The van der Waals surface area contributed by atoms with Gasteiger partial charge in [-0.25, -0.2) is 0 Å². The molecule has 1 amide bonds. The molecule has 1 atom stereocenters. The van der Waals surface area contributed by atoms with Crippen LogP contribution in [0, 0.1) is 6.92 Å². The standard InChI is InChI=1S/C18H22N2O/c1-13(15-6-4-3-5-7-15)10-11-20-18(21)17-9-8-16(19)12-14(17)2/h3-9,12-13H,10-11,19H2,1-2H3,(H,20,21). The number of rotatable bonds is 5. The summed E-state index contributed by atoms with van der Waals surface area (Å²) in [5, 5.41) is 2.98. The van der Waals surface area contributed by atoms with E-state index in [4.69, 9.17) is 5.73 Å². The third-order valence-corrected chi connectivity index (χ3v) is 3.73. The van der Waals surface area contributed by atoms with Crippen molar-refractivity contribution in [2.45, 2.75) is 26.2 Å². The maximum absolute atomic E-state index is 12.1. The van der Waals surface area contributed by atoms with Crippen LogP contribution in [0.4, 0.5) is 5.69 Å². The van der Waals surface area contributed by atoms with Crippen LogP contribution in [0.3, 0.4) is 0 Å². The molecular formula is C18H22N2O. The van der Waals surface area contributed by atoms with Crippen molar-refractivity contribution in [2.24, 2.45) is 0 Å². The van der Waals surface area contributed by atoms with Crippen molar-refractivity contribution in [3.8, 4) is 0 Å². The van der Waals surface area contributed by atoms with Crippen LogP contribution in [0.15, 0.2) is 48.5 Å². The lowest BCUT2D eigenvalue weighted by molar-refractivity contribution is 0.0952. The Morgan fingerprint density at radius 2 is 1.90 bits per heavy atom. The lowest BCUT2D eigenvalue weighted by Crippen LogP contribution is -2.26. The molecular weight excluding hydrogens is 260 g/mol. The van der Waals surface area contributed by atoms with Gasteiger partial charge >= 0.3 is 0 Å². The Morgan fingerprint density at radius 3 is 2.57 bits per heavy atom. The first-order valence-electron chi connectivity index (χ1n) is 7.27. The Morgan fingerprint density at radius 1 is 1.19 bits per heavy atom. The SMILES string of the molecule is Cc1cc(N)ccc1C(=O)NCCC(C)c1ccccc1. The summed E-state index contributed by atoms with van der Waals surface area (Å²) >= 11 is 0. The van der Waals surface area contributed by atoms with Crippen LogP contribution in [0.1, 0.15) is 40.7 Å². The average molecular weight is 282 g/mol. The molecule has 0 aliphatic heterocycles. The largest absolute Gasteiger partial charge is 0.399 e. The van der Waals surface area contributed by atoms with E-state index in [-0.39, 0.29) is 5.91 Å². The number of nitrogens with one attached hydrogen (secondary N) is 1. The molecule has 0 radical (unpaired) electrons. The number of anilines is 1. The van der Waals surface area contributed by atoms with Crippen molar-refractivity contribution >= 4 is 11.6 Å². The van der Waals surface area contributed by atoms with E-state index in [1.165, 1.54) is 5.56 Å². The van der Waals surface area contributed by atoms with Gasteiger partial charge in [-0.2, -0.15) is 0 Å². The number of carbonyl (C=O) groups excluding carboxylic acids is 1. The molecule has 0 bridgehead atoms. The van der Waals surface area contributed by atoms with Gasteiger partial charge in [-0.05, 0) is 48.6 Å². The van der Waals surface area contributed by atoms with E-state index in [1.807, 2.05) is 31.2 Å². The summed E-state index contributed by atoms with van der Waals surface area (Å²) in [4.78, 5) is 12.1. The Kier molecular flexibility index (Phi) is 4.99. The average Bonchev–Trinajstić information content (AvgIpc) is 2.47. The minimum Gasteiger partial charge on any atom is -0.399 e.